The van der Waals surface area contributed by atoms with Crippen molar-refractivity contribution in [3.63, 3.8) is 0 Å². The molecule has 8 saturated heterocycles. The number of rotatable bonds is 35. The van der Waals surface area contributed by atoms with Crippen LogP contribution in [0.15, 0.2) is 11.6 Å². The van der Waals surface area contributed by atoms with E-state index in [1.54, 1.807) is 13.8 Å². The summed E-state index contributed by atoms with van der Waals surface area (Å²) in [6.45, 7) is 20.5. The van der Waals surface area contributed by atoms with E-state index >= 15 is 9.59 Å². The number of ether oxygens (including phenoxy) is 16. The zero-order valence-electron chi connectivity index (χ0n) is 80.4. The Hall–Kier alpha value is -3.46. The molecule has 0 spiro atoms. The number of aliphatic hydroxyl groups excluding tert-OH is 21. The number of Topliss-reactive ketones (excluding diaryl/α,β-unsaturated/α-hetero) is 1. The lowest BCUT2D eigenvalue weighted by Crippen LogP contribution is -2.71. The molecule has 4 saturated carbocycles. The maximum Gasteiger partial charge on any atom is 0.317 e. The molecule has 13 aliphatic rings. The third kappa shape index (κ3) is 21.7. The minimum atomic E-state index is -2.23. The molecule has 23 N–H and O–H groups in total. The predicted molar refractivity (Wildman–Crippen MR) is 466 cm³/mol. The van der Waals surface area contributed by atoms with Crippen molar-refractivity contribution in [3.8, 4) is 0 Å². The second-order valence-corrected chi connectivity index (χ2v) is 43.4. The molecular formula is C94H155NO42. The van der Waals surface area contributed by atoms with E-state index < -0.39 is 347 Å². The summed E-state index contributed by atoms with van der Waals surface area (Å²) < 4.78 is 99.6. The van der Waals surface area contributed by atoms with Crippen LogP contribution in [0.5, 0.6) is 0 Å². The standard InChI is InChI=1S/C94H155NO42/c1-14-39(4)43(25-44(99)27-46(101)28-52(40(5)15-2)128-86-78(119)93(121,16-3)38-125-86)26-45(100)29-59(106)95-60-53(32-96)129-85(77(75(60)134-81-70(116)65(111)61(107)41(6)126-81)136-82-72(118)67(113)73(42(7)127-82)132-79-68(114)62(108)49(102)34-122-79)137-87(120)94-24-23-88(8,9)30-48(94)47-17-18-56-89(10)21-20-58(90(11,37-98)55(89)19-22-91(56,12)92(47,13)31-57(94)105)131-84-76(135-83-71(117)66(112)64(110)54(33-97)130-83)74(51(104)36-124-84)133-80-69(115)63(109)50(103)35-123-80/h17,37,39-43,45-46,48-58,60-86,96-97,100-105,107-119,121H,14-16,18-36,38H2,1-13H3,(H,95,106)/t39-,40-,41?,42?,43?,45+,46-,48?,49-,50-,51-,52+,53?,54?,55-,56?,57?,58+,60+,61+,62?,63+,64+,65+,66+,67?,68-,69?,70?,71?,72+,73+,74+,75?,76?,77-,78?,79+,80+,81+,82+,83+,84+,85+,86+,89?,90-,91+,92-,93-,94-/m1/s1. The summed E-state index contributed by atoms with van der Waals surface area (Å²) in [6, 6.07) is -1.80. The van der Waals surface area contributed by atoms with Gasteiger partial charge in [0.2, 0.25) is 12.2 Å². The van der Waals surface area contributed by atoms with Crippen molar-refractivity contribution in [3.05, 3.63) is 11.6 Å². The Morgan fingerprint density at radius 3 is 1.66 bits per heavy atom. The lowest BCUT2D eigenvalue weighted by molar-refractivity contribution is -0.384. The summed E-state index contributed by atoms with van der Waals surface area (Å²) in [7, 11) is 0. The average molecular weight is 1970 g/mol. The second-order valence-electron chi connectivity index (χ2n) is 43.4. The fourth-order valence-corrected chi connectivity index (χ4v) is 24.8. The number of aliphatic hydroxyl groups is 22. The molecule has 5 aliphatic carbocycles. The molecule has 0 aromatic rings. The molecule has 8 aliphatic heterocycles. The molecule has 43 nitrogen and oxygen atoms in total. The van der Waals surface area contributed by atoms with Gasteiger partial charge in [0, 0.05) is 19.3 Å². The number of ketones is 1. The average Bonchev–Trinajstić information content (AvgIpc) is 1.30. The molecule has 0 radical (unpaired) electrons. The molecular weight excluding hydrogens is 1810 g/mol. The first kappa shape index (κ1) is 111. The Kier molecular flexibility index (Phi) is 35.8. The Bertz CT molecular complexity index is 4010. The van der Waals surface area contributed by atoms with Gasteiger partial charge in [0.1, 0.15) is 157 Å². The van der Waals surface area contributed by atoms with E-state index in [-0.39, 0.29) is 87.9 Å². The number of esters is 1. The topological polar surface area (TPSA) is 673 Å². The van der Waals surface area contributed by atoms with Crippen LogP contribution < -0.4 is 5.32 Å². The smallest absolute Gasteiger partial charge is 0.317 e. The molecule has 13 rings (SSSR count). The zero-order chi connectivity index (χ0) is 100. The highest BCUT2D eigenvalue weighted by atomic mass is 16.8. The molecule has 1 amide bonds. The van der Waals surface area contributed by atoms with Gasteiger partial charge in [-0.2, -0.15) is 0 Å². The van der Waals surface area contributed by atoms with Crippen molar-refractivity contribution in [2.45, 2.75) is 444 Å². The van der Waals surface area contributed by atoms with Crippen molar-refractivity contribution in [2.24, 2.45) is 68.0 Å². The van der Waals surface area contributed by atoms with Gasteiger partial charge >= 0.3 is 5.97 Å². The van der Waals surface area contributed by atoms with Gasteiger partial charge in [0.05, 0.1) is 100 Å². The molecule has 0 bridgehead atoms. The van der Waals surface area contributed by atoms with Gasteiger partial charge in [-0.15, -0.1) is 0 Å². The molecule has 0 aromatic heterocycles. The van der Waals surface area contributed by atoms with E-state index in [0.29, 0.717) is 44.9 Å². The number of allylic oxidation sites excluding steroid dienone is 2. The monoisotopic (exact) mass is 1970 g/mol. The van der Waals surface area contributed by atoms with E-state index in [2.05, 4.69) is 32.2 Å². The van der Waals surface area contributed by atoms with Crippen LogP contribution in [-0.2, 0) is 95.0 Å². The van der Waals surface area contributed by atoms with E-state index in [0.717, 1.165) is 11.9 Å². The van der Waals surface area contributed by atoms with Crippen LogP contribution in [0, 0.1) is 68.0 Å². The number of fused-ring (bicyclic) bond motifs is 7. The molecule has 137 heavy (non-hydrogen) atoms. The molecule has 0 aromatic carbocycles. The quantitative estimate of drug-likeness (QED) is 0.0124. The summed E-state index contributed by atoms with van der Waals surface area (Å²) in [5.74, 6) is -5.02. The predicted octanol–water partition coefficient (Wildman–Crippen LogP) is -4.12. The van der Waals surface area contributed by atoms with Crippen LogP contribution >= 0.6 is 0 Å². The van der Waals surface area contributed by atoms with E-state index in [1.165, 1.54) is 13.8 Å². The third-order valence-electron chi connectivity index (χ3n) is 34.3. The van der Waals surface area contributed by atoms with Crippen molar-refractivity contribution in [1.82, 2.24) is 5.32 Å². The Balaban J connectivity index is 0.791. The minimum absolute atomic E-state index is 0.0168. The van der Waals surface area contributed by atoms with Gasteiger partial charge in [-0.05, 0) is 142 Å². The van der Waals surface area contributed by atoms with Gasteiger partial charge in [0.15, 0.2) is 50.1 Å². The highest BCUT2D eigenvalue weighted by molar-refractivity contribution is 5.80. The number of carbonyl (C=O) groups excluding carboxylic acids is 4. The number of amides is 1. The van der Waals surface area contributed by atoms with Crippen LogP contribution in [-0.4, -0.2) is 421 Å². The first-order valence-electron chi connectivity index (χ1n) is 49.1. The maximum absolute atomic E-state index is 16.8. The summed E-state index contributed by atoms with van der Waals surface area (Å²) in [6.07, 6.45) is -59.8. The summed E-state index contributed by atoms with van der Waals surface area (Å²) >= 11 is 0. The largest absolute Gasteiger partial charge is 0.432 e. The minimum Gasteiger partial charge on any atom is -0.432 e. The first-order chi connectivity index (χ1) is 64.4. The Morgan fingerprint density at radius 1 is 0.518 bits per heavy atom. The van der Waals surface area contributed by atoms with Crippen molar-refractivity contribution in [2.75, 3.05) is 39.6 Å². The number of hydrogen-bond donors (Lipinski definition) is 23. The molecule has 12 fully saturated rings. The molecule has 8 heterocycles. The Morgan fingerprint density at radius 2 is 1.06 bits per heavy atom. The van der Waals surface area contributed by atoms with Gasteiger partial charge in [0.25, 0.3) is 0 Å². The van der Waals surface area contributed by atoms with Crippen molar-refractivity contribution >= 4 is 23.9 Å². The first-order valence-corrected chi connectivity index (χ1v) is 49.1. The molecule has 17 unspecified atom stereocenters. The summed E-state index contributed by atoms with van der Waals surface area (Å²) in [5, 5.41) is 252. The summed E-state index contributed by atoms with van der Waals surface area (Å²) in [5.41, 5.74) is -6.90. The van der Waals surface area contributed by atoms with E-state index in [4.69, 9.17) is 75.8 Å². The third-order valence-corrected chi connectivity index (χ3v) is 34.3. The van der Waals surface area contributed by atoms with Crippen molar-refractivity contribution in [1.29, 1.82) is 0 Å². The zero-order valence-corrected chi connectivity index (χ0v) is 80.4. The normalized spacial score (nSPS) is 49.2. The van der Waals surface area contributed by atoms with Crippen LogP contribution in [0.1, 0.15) is 199 Å². The van der Waals surface area contributed by atoms with Gasteiger partial charge < -0.3 is 198 Å². The number of nitrogens with one attached hydrogen (secondary N) is 1. The van der Waals surface area contributed by atoms with Gasteiger partial charge in [-0.1, -0.05) is 101 Å². The lowest BCUT2D eigenvalue weighted by atomic mass is 9.33. The maximum atomic E-state index is 16.8. The SMILES string of the molecule is CC[C@@H](C)C(CC(=O)C[C@@H](O)C[C@H](O[C@@H]1OC[C@](O)(CC)C1O)[C@H](C)CC)C[C@H](O)CC(=O)N[C@H]1C(CO)O[C@@H](OC(=O)[C@]23CCC(C)(C)CC2C2=CCC4C5(C)CC[C@H](O[C@@H]6OC[C@@H](O)[C@H](O[C@@H]7OC[C@@H](O)[C@H](O)C7O)C6O[C@@H]6OC(CO)[C@H](O)[C@H](O)C6O)[C@](C)(C=O)[C@@H]5CC[C@]4(C)[C@]2(C)CC3O)[C@H](O[C@@H]2OC(C)[C@H](O[C@@H]3OC[C@@H](O)C(O)[C@H]3O)C(O)[C@@H]2O)C1O[C@@H]1OC(C)[C@H](O)[C@H](O)C1O. The summed E-state index contributed by atoms with van der Waals surface area (Å²) in [4.78, 5) is 60.4. The van der Waals surface area contributed by atoms with E-state index in [9.17, 15) is 122 Å². The van der Waals surface area contributed by atoms with E-state index in [1.807, 2.05) is 41.5 Å². The van der Waals surface area contributed by atoms with Gasteiger partial charge in [-0.25, -0.2) is 0 Å². The Labute approximate surface area is 796 Å². The van der Waals surface area contributed by atoms with Crippen LogP contribution in [0.3, 0.4) is 0 Å². The fourth-order valence-electron chi connectivity index (χ4n) is 24.8. The molecule has 788 valence electrons. The number of hydrogen-bond acceptors (Lipinski definition) is 42. The molecule has 51 atom stereocenters. The van der Waals surface area contributed by atoms with Gasteiger partial charge in [-0.3, -0.25) is 14.4 Å². The highest BCUT2D eigenvalue weighted by Gasteiger charge is 2.74. The van der Waals surface area contributed by atoms with Crippen LogP contribution in [0.2, 0.25) is 0 Å². The van der Waals surface area contributed by atoms with Crippen LogP contribution in [0.25, 0.3) is 0 Å². The second kappa shape index (κ2) is 44.3. The number of carbonyl (C=O) groups is 4. The fraction of sp³-hybridized carbons (Fsp3) is 0.936. The van der Waals surface area contributed by atoms with Crippen LogP contribution in [0.4, 0.5) is 0 Å². The number of aldehydes is 1. The highest BCUT2D eigenvalue weighted by Crippen LogP contribution is 2.76. The van der Waals surface area contributed by atoms with Crippen molar-refractivity contribution < 1.29 is 207 Å². The lowest BCUT2D eigenvalue weighted by Gasteiger charge is -2.71. The molecule has 43 heteroatoms.